The minimum atomic E-state index is -1.09. The maximum Gasteiger partial charge on any atom is 0.354 e. The zero-order chi connectivity index (χ0) is 11.7. The molecule has 1 aromatic heterocycles. The number of aromatic nitrogens is 2. The number of hydrogen-bond acceptors (Lipinski definition) is 2. The van der Waals surface area contributed by atoms with Gasteiger partial charge < -0.3 is 5.11 Å². The van der Waals surface area contributed by atoms with E-state index in [4.69, 9.17) is 28.3 Å². The first-order chi connectivity index (χ1) is 7.61. The minimum absolute atomic E-state index is 0.00926. The zero-order valence-electron chi connectivity index (χ0n) is 7.89. The Morgan fingerprint density at radius 2 is 1.88 bits per heavy atom. The number of rotatable bonds is 2. The number of carbonyl (C=O) groups is 1. The fourth-order valence-electron chi connectivity index (χ4n) is 1.33. The molecule has 0 saturated heterocycles. The predicted octanol–water partition coefficient (Wildman–Crippen LogP) is 2.88. The summed E-state index contributed by atoms with van der Waals surface area (Å²) in [5.41, 5.74) is 0.378. The SMILES string of the molecule is O=C(O)c1ccnn1-c1c(Cl)cccc1Cl. The van der Waals surface area contributed by atoms with Crippen LogP contribution in [0.4, 0.5) is 0 Å². The van der Waals surface area contributed by atoms with E-state index in [1.165, 1.54) is 16.9 Å². The van der Waals surface area contributed by atoms with Gasteiger partial charge in [-0.1, -0.05) is 29.3 Å². The summed E-state index contributed by atoms with van der Waals surface area (Å²) in [5.74, 6) is -1.09. The van der Waals surface area contributed by atoms with Crippen molar-refractivity contribution in [3.63, 3.8) is 0 Å². The van der Waals surface area contributed by atoms with Gasteiger partial charge in [0.1, 0.15) is 5.69 Å². The van der Waals surface area contributed by atoms with Gasteiger partial charge in [0.25, 0.3) is 0 Å². The number of benzene rings is 1. The molecule has 0 unspecified atom stereocenters. The molecule has 4 nitrogen and oxygen atoms in total. The lowest BCUT2D eigenvalue weighted by Crippen LogP contribution is -2.08. The Labute approximate surface area is 101 Å². The molecular weight excluding hydrogens is 251 g/mol. The quantitative estimate of drug-likeness (QED) is 0.899. The maximum atomic E-state index is 10.9. The number of aromatic carboxylic acids is 1. The second kappa shape index (κ2) is 4.15. The second-order valence-corrected chi connectivity index (χ2v) is 3.82. The number of halogens is 2. The van der Waals surface area contributed by atoms with E-state index in [9.17, 15) is 4.79 Å². The summed E-state index contributed by atoms with van der Waals surface area (Å²) in [6.07, 6.45) is 1.38. The van der Waals surface area contributed by atoms with Gasteiger partial charge in [0, 0.05) is 0 Å². The Bertz CT molecular complexity index is 531. The fraction of sp³-hybridized carbons (Fsp3) is 0. The molecule has 82 valence electrons. The van der Waals surface area contributed by atoms with Crippen LogP contribution in [-0.4, -0.2) is 20.9 Å². The smallest absolute Gasteiger partial charge is 0.354 e. The van der Waals surface area contributed by atoms with Crippen LogP contribution in [0.3, 0.4) is 0 Å². The first-order valence-electron chi connectivity index (χ1n) is 4.33. The summed E-state index contributed by atoms with van der Waals surface area (Å²) in [6, 6.07) is 6.30. The van der Waals surface area contributed by atoms with Crippen LogP contribution >= 0.6 is 23.2 Å². The van der Waals surface area contributed by atoms with Crippen LogP contribution in [-0.2, 0) is 0 Å². The molecule has 2 aromatic rings. The van der Waals surface area contributed by atoms with E-state index in [-0.39, 0.29) is 5.69 Å². The molecule has 16 heavy (non-hydrogen) atoms. The number of carboxylic acid groups (broad SMARTS) is 1. The van der Waals surface area contributed by atoms with Gasteiger partial charge in [-0.25, -0.2) is 9.48 Å². The van der Waals surface area contributed by atoms with Crippen LogP contribution in [0, 0.1) is 0 Å². The van der Waals surface area contributed by atoms with E-state index in [0.717, 1.165) is 0 Å². The van der Waals surface area contributed by atoms with Crippen molar-refractivity contribution in [2.45, 2.75) is 0 Å². The molecule has 0 spiro atoms. The predicted molar refractivity (Wildman–Crippen MR) is 60.5 cm³/mol. The van der Waals surface area contributed by atoms with Crippen LogP contribution in [0.25, 0.3) is 5.69 Å². The molecule has 1 N–H and O–H groups in total. The van der Waals surface area contributed by atoms with Crippen molar-refractivity contribution in [1.29, 1.82) is 0 Å². The van der Waals surface area contributed by atoms with Crippen molar-refractivity contribution in [2.24, 2.45) is 0 Å². The molecule has 0 aliphatic carbocycles. The normalized spacial score (nSPS) is 10.4. The summed E-state index contributed by atoms with van der Waals surface area (Å²) < 4.78 is 1.20. The zero-order valence-corrected chi connectivity index (χ0v) is 9.40. The van der Waals surface area contributed by atoms with E-state index in [0.29, 0.717) is 15.7 Å². The summed E-state index contributed by atoms with van der Waals surface area (Å²) in [7, 11) is 0. The van der Waals surface area contributed by atoms with Gasteiger partial charge in [-0.05, 0) is 18.2 Å². The molecule has 0 amide bonds. The van der Waals surface area contributed by atoms with Crippen molar-refractivity contribution in [2.75, 3.05) is 0 Å². The van der Waals surface area contributed by atoms with Gasteiger partial charge in [0.15, 0.2) is 5.69 Å². The number of nitrogens with zero attached hydrogens (tertiary/aromatic N) is 2. The Kier molecular flexibility index (Phi) is 2.85. The molecule has 0 fully saturated rings. The third-order valence-electron chi connectivity index (χ3n) is 2.01. The first kappa shape index (κ1) is 11.0. The highest BCUT2D eigenvalue weighted by atomic mass is 35.5. The summed E-state index contributed by atoms with van der Waals surface area (Å²) in [5, 5.41) is 13.5. The Morgan fingerprint density at radius 3 is 2.44 bits per heavy atom. The highest BCUT2D eigenvalue weighted by Gasteiger charge is 2.16. The second-order valence-electron chi connectivity index (χ2n) is 3.00. The lowest BCUT2D eigenvalue weighted by Gasteiger charge is -2.08. The van der Waals surface area contributed by atoms with Crippen LogP contribution in [0.5, 0.6) is 0 Å². The summed E-state index contributed by atoms with van der Waals surface area (Å²) >= 11 is 11.9. The molecule has 1 aromatic carbocycles. The Balaban J connectivity index is 2.68. The van der Waals surface area contributed by atoms with E-state index < -0.39 is 5.97 Å². The molecule has 6 heteroatoms. The first-order valence-corrected chi connectivity index (χ1v) is 5.08. The maximum absolute atomic E-state index is 10.9. The van der Waals surface area contributed by atoms with Gasteiger partial charge in [-0.3, -0.25) is 0 Å². The van der Waals surface area contributed by atoms with Crippen molar-refractivity contribution in [1.82, 2.24) is 9.78 Å². The van der Waals surface area contributed by atoms with E-state index >= 15 is 0 Å². The van der Waals surface area contributed by atoms with Gasteiger partial charge in [0.2, 0.25) is 0 Å². The monoisotopic (exact) mass is 256 g/mol. The van der Waals surface area contributed by atoms with Gasteiger partial charge in [-0.2, -0.15) is 5.10 Å². The molecular formula is C10H6Cl2N2O2. The average Bonchev–Trinajstić information content (AvgIpc) is 2.66. The van der Waals surface area contributed by atoms with Crippen molar-refractivity contribution >= 4 is 29.2 Å². The van der Waals surface area contributed by atoms with Gasteiger partial charge in [0.05, 0.1) is 16.2 Å². The van der Waals surface area contributed by atoms with Gasteiger partial charge >= 0.3 is 5.97 Å². The molecule has 0 radical (unpaired) electrons. The van der Waals surface area contributed by atoms with Crippen molar-refractivity contribution < 1.29 is 9.90 Å². The average molecular weight is 257 g/mol. The van der Waals surface area contributed by atoms with Gasteiger partial charge in [-0.15, -0.1) is 0 Å². The highest BCUT2D eigenvalue weighted by molar-refractivity contribution is 6.37. The van der Waals surface area contributed by atoms with Crippen molar-refractivity contribution in [3.05, 3.63) is 46.2 Å². The molecule has 0 atom stereocenters. The molecule has 0 aliphatic heterocycles. The largest absolute Gasteiger partial charge is 0.477 e. The standard InChI is InChI=1S/C10H6Cl2N2O2/c11-6-2-1-3-7(12)9(6)14-8(10(15)16)4-5-13-14/h1-5H,(H,15,16). The third-order valence-corrected chi connectivity index (χ3v) is 2.62. The molecule has 0 bridgehead atoms. The summed E-state index contributed by atoms with van der Waals surface area (Å²) in [6.45, 7) is 0. The lowest BCUT2D eigenvalue weighted by atomic mass is 10.3. The van der Waals surface area contributed by atoms with Crippen molar-refractivity contribution in [3.8, 4) is 5.69 Å². The third kappa shape index (κ3) is 1.77. The topological polar surface area (TPSA) is 55.1 Å². The number of para-hydroxylation sites is 1. The lowest BCUT2D eigenvalue weighted by molar-refractivity contribution is 0.0687. The van der Waals surface area contributed by atoms with E-state index in [2.05, 4.69) is 5.10 Å². The van der Waals surface area contributed by atoms with E-state index in [1.807, 2.05) is 0 Å². The van der Waals surface area contributed by atoms with Crippen LogP contribution in [0.1, 0.15) is 10.5 Å². The van der Waals surface area contributed by atoms with Crippen LogP contribution in [0.15, 0.2) is 30.5 Å². The minimum Gasteiger partial charge on any atom is -0.477 e. The molecule has 0 saturated carbocycles. The fourth-order valence-corrected chi connectivity index (χ4v) is 1.89. The Morgan fingerprint density at radius 1 is 1.25 bits per heavy atom. The molecule has 2 rings (SSSR count). The molecule has 0 aliphatic rings. The molecule has 1 heterocycles. The number of carboxylic acids is 1. The van der Waals surface area contributed by atoms with Crippen LogP contribution in [0.2, 0.25) is 10.0 Å². The highest BCUT2D eigenvalue weighted by Crippen LogP contribution is 2.28. The summed E-state index contributed by atoms with van der Waals surface area (Å²) in [4.78, 5) is 10.9. The number of hydrogen-bond donors (Lipinski definition) is 1. The van der Waals surface area contributed by atoms with E-state index in [1.54, 1.807) is 18.2 Å². The Hall–Kier alpha value is -1.52. The van der Waals surface area contributed by atoms with Crippen LogP contribution < -0.4 is 0 Å².